The molecule has 2 heterocycles. The summed E-state index contributed by atoms with van der Waals surface area (Å²) in [4.78, 5) is 4.38. The van der Waals surface area contributed by atoms with Crippen LogP contribution in [0.3, 0.4) is 0 Å². The van der Waals surface area contributed by atoms with Crippen molar-refractivity contribution in [2.75, 3.05) is 13.7 Å². The first-order valence-electron chi connectivity index (χ1n) is 6.76. The van der Waals surface area contributed by atoms with Crippen LogP contribution in [0.25, 0.3) is 0 Å². The van der Waals surface area contributed by atoms with Gasteiger partial charge in [0.25, 0.3) is 0 Å². The molecule has 0 aliphatic rings. The number of nitrogens with one attached hydrogen (secondary N) is 1. The molecule has 0 fully saturated rings. The average Bonchev–Trinajstić information content (AvgIpc) is 2.88. The van der Waals surface area contributed by atoms with E-state index in [0.29, 0.717) is 21.5 Å². The predicted octanol–water partition coefficient (Wildman–Crippen LogP) is 3.31. The Morgan fingerprint density at radius 3 is 2.67 bits per heavy atom. The molecule has 0 aliphatic heterocycles. The lowest BCUT2D eigenvalue weighted by atomic mass is 10.1. The maximum absolute atomic E-state index is 6.31. The zero-order chi connectivity index (χ0) is 15.4. The second-order valence-electron chi connectivity index (χ2n) is 4.43. The van der Waals surface area contributed by atoms with Gasteiger partial charge in [0.2, 0.25) is 0 Å². The van der Waals surface area contributed by atoms with Crippen LogP contribution in [0, 0.1) is 0 Å². The molecule has 7 heteroatoms. The molecule has 114 valence electrons. The van der Waals surface area contributed by atoms with Crippen LogP contribution in [-0.2, 0) is 6.54 Å². The number of pyridine rings is 1. The zero-order valence-electron chi connectivity index (χ0n) is 12.2. The second-order valence-corrected chi connectivity index (χ2v) is 5.27. The molecule has 0 saturated heterocycles. The van der Waals surface area contributed by atoms with Crippen molar-refractivity contribution in [3.8, 4) is 5.75 Å². The van der Waals surface area contributed by atoms with E-state index in [4.69, 9.17) is 27.9 Å². The predicted molar refractivity (Wildman–Crippen MR) is 84.2 cm³/mol. The molecule has 1 N–H and O–H groups in total. The van der Waals surface area contributed by atoms with Gasteiger partial charge in [-0.25, -0.2) is 0 Å². The number of halogens is 2. The largest absolute Gasteiger partial charge is 0.493 e. The molecule has 0 aromatic carbocycles. The van der Waals surface area contributed by atoms with Crippen molar-refractivity contribution in [3.05, 3.63) is 39.9 Å². The van der Waals surface area contributed by atoms with Gasteiger partial charge in [-0.05, 0) is 19.5 Å². The van der Waals surface area contributed by atoms with Crippen LogP contribution < -0.4 is 10.1 Å². The van der Waals surface area contributed by atoms with Gasteiger partial charge in [0.05, 0.1) is 35.1 Å². The summed E-state index contributed by atoms with van der Waals surface area (Å²) >= 11 is 12.2. The van der Waals surface area contributed by atoms with E-state index in [-0.39, 0.29) is 6.04 Å². The van der Waals surface area contributed by atoms with Crippen LogP contribution in [0.5, 0.6) is 5.75 Å². The van der Waals surface area contributed by atoms with Crippen molar-refractivity contribution in [3.63, 3.8) is 0 Å². The highest BCUT2D eigenvalue weighted by Crippen LogP contribution is 2.33. The van der Waals surface area contributed by atoms with Gasteiger partial charge in [0, 0.05) is 12.7 Å². The maximum Gasteiger partial charge on any atom is 0.161 e. The highest BCUT2D eigenvalue weighted by atomic mass is 35.5. The quantitative estimate of drug-likeness (QED) is 0.883. The number of hydrogen-bond acceptors (Lipinski definition) is 4. The molecule has 2 rings (SSSR count). The van der Waals surface area contributed by atoms with E-state index in [9.17, 15) is 0 Å². The fourth-order valence-electron chi connectivity index (χ4n) is 2.24. The van der Waals surface area contributed by atoms with E-state index in [1.54, 1.807) is 25.6 Å². The van der Waals surface area contributed by atoms with Crippen molar-refractivity contribution in [2.45, 2.75) is 26.4 Å². The fraction of sp³-hybridized carbons (Fsp3) is 0.429. The Labute approximate surface area is 134 Å². The monoisotopic (exact) mass is 328 g/mol. The fourth-order valence-corrected chi connectivity index (χ4v) is 2.73. The highest BCUT2D eigenvalue weighted by Gasteiger charge is 2.25. The van der Waals surface area contributed by atoms with Crippen molar-refractivity contribution >= 4 is 23.2 Å². The normalized spacial score (nSPS) is 12.4. The van der Waals surface area contributed by atoms with Gasteiger partial charge in [-0.1, -0.05) is 30.1 Å². The Balaban J connectivity index is 2.55. The second kappa shape index (κ2) is 7.11. The smallest absolute Gasteiger partial charge is 0.161 e. The van der Waals surface area contributed by atoms with Crippen LogP contribution >= 0.6 is 23.2 Å². The molecular weight excluding hydrogens is 311 g/mol. The summed E-state index contributed by atoms with van der Waals surface area (Å²) in [5.74, 6) is 0.704. The summed E-state index contributed by atoms with van der Waals surface area (Å²) < 4.78 is 7.29. The Morgan fingerprint density at radius 1 is 1.33 bits per heavy atom. The topological polar surface area (TPSA) is 52.0 Å². The summed E-state index contributed by atoms with van der Waals surface area (Å²) in [5, 5.41) is 8.74. The molecule has 1 atom stereocenters. The number of rotatable bonds is 6. The van der Waals surface area contributed by atoms with Crippen molar-refractivity contribution < 1.29 is 4.74 Å². The maximum atomic E-state index is 6.31. The van der Waals surface area contributed by atoms with Gasteiger partial charge < -0.3 is 10.1 Å². The molecule has 5 nitrogen and oxygen atoms in total. The van der Waals surface area contributed by atoms with Crippen molar-refractivity contribution in [1.29, 1.82) is 0 Å². The Morgan fingerprint density at radius 2 is 2.10 bits per heavy atom. The minimum Gasteiger partial charge on any atom is -0.493 e. The number of nitrogens with zero attached hydrogens (tertiary/aromatic N) is 3. The van der Waals surface area contributed by atoms with Crippen LogP contribution in [0.4, 0.5) is 0 Å². The molecule has 0 amide bonds. The van der Waals surface area contributed by atoms with Gasteiger partial charge in [-0.2, -0.15) is 5.10 Å². The van der Waals surface area contributed by atoms with Gasteiger partial charge in [0.1, 0.15) is 5.69 Å². The third-order valence-corrected chi connectivity index (χ3v) is 3.67. The lowest BCUT2D eigenvalue weighted by Gasteiger charge is -2.20. The molecule has 0 radical (unpaired) electrons. The summed E-state index contributed by atoms with van der Waals surface area (Å²) in [5.41, 5.74) is 1.61. The first-order valence-corrected chi connectivity index (χ1v) is 7.51. The number of aryl methyl sites for hydroxylation is 1. The average molecular weight is 329 g/mol. The lowest BCUT2D eigenvalue weighted by Crippen LogP contribution is -2.26. The molecule has 1 unspecified atom stereocenters. The summed E-state index contributed by atoms with van der Waals surface area (Å²) in [6, 6.07) is 1.48. The van der Waals surface area contributed by atoms with Gasteiger partial charge in [-0.3, -0.25) is 9.67 Å². The number of aromatic nitrogens is 3. The third kappa shape index (κ3) is 3.31. The SMILES string of the molecule is CCNC(c1ncc(Cl)cc1Cl)c1c(OC)cnn1CC. The van der Waals surface area contributed by atoms with E-state index in [0.717, 1.165) is 18.8 Å². The summed E-state index contributed by atoms with van der Waals surface area (Å²) in [6.45, 7) is 5.53. The van der Waals surface area contributed by atoms with Gasteiger partial charge >= 0.3 is 0 Å². The highest BCUT2D eigenvalue weighted by molar-refractivity contribution is 6.34. The number of ether oxygens (including phenoxy) is 1. The number of hydrogen-bond donors (Lipinski definition) is 1. The van der Waals surface area contributed by atoms with E-state index in [1.807, 2.05) is 18.5 Å². The van der Waals surface area contributed by atoms with Crippen molar-refractivity contribution in [2.24, 2.45) is 0 Å². The van der Waals surface area contributed by atoms with E-state index < -0.39 is 0 Å². The molecule has 0 aliphatic carbocycles. The molecule has 2 aromatic rings. The van der Waals surface area contributed by atoms with Crippen LogP contribution in [0.15, 0.2) is 18.5 Å². The van der Waals surface area contributed by atoms with Gasteiger partial charge in [0.15, 0.2) is 5.75 Å². The van der Waals surface area contributed by atoms with Crippen LogP contribution in [-0.4, -0.2) is 28.4 Å². The molecule has 0 bridgehead atoms. The molecule has 0 spiro atoms. The van der Waals surface area contributed by atoms with E-state index in [1.165, 1.54) is 0 Å². The van der Waals surface area contributed by atoms with Crippen LogP contribution in [0.1, 0.15) is 31.3 Å². The number of methoxy groups -OCH3 is 1. The van der Waals surface area contributed by atoms with E-state index in [2.05, 4.69) is 15.4 Å². The first kappa shape index (κ1) is 16.1. The Hall–Kier alpha value is -1.30. The van der Waals surface area contributed by atoms with Crippen molar-refractivity contribution in [1.82, 2.24) is 20.1 Å². The first-order chi connectivity index (χ1) is 10.1. The summed E-state index contributed by atoms with van der Waals surface area (Å²) in [7, 11) is 1.63. The standard InChI is InChI=1S/C14H18Cl2N4O/c1-4-17-13(12-10(16)6-9(15)7-18-12)14-11(21-3)8-19-20(14)5-2/h6-8,13,17H,4-5H2,1-3H3. The minimum atomic E-state index is -0.211. The lowest BCUT2D eigenvalue weighted by molar-refractivity contribution is 0.398. The van der Waals surface area contributed by atoms with Crippen LogP contribution in [0.2, 0.25) is 10.0 Å². The summed E-state index contributed by atoms with van der Waals surface area (Å²) in [6.07, 6.45) is 3.29. The molecular formula is C14H18Cl2N4O. The minimum absolute atomic E-state index is 0.211. The molecule has 2 aromatic heterocycles. The third-order valence-electron chi connectivity index (χ3n) is 3.16. The van der Waals surface area contributed by atoms with E-state index >= 15 is 0 Å². The molecule has 21 heavy (non-hydrogen) atoms. The zero-order valence-corrected chi connectivity index (χ0v) is 13.7. The Kier molecular flexibility index (Phi) is 5.45. The molecule has 0 saturated carbocycles. The van der Waals surface area contributed by atoms with Gasteiger partial charge in [-0.15, -0.1) is 0 Å². The Bertz CT molecular complexity index is 594.